The van der Waals surface area contributed by atoms with Gasteiger partial charge in [-0.3, -0.25) is 4.79 Å². The second kappa shape index (κ2) is 6.27. The number of benzene rings is 1. The number of hydrogen-bond acceptors (Lipinski definition) is 2. The Kier molecular flexibility index (Phi) is 4.41. The zero-order valence-electron chi connectivity index (χ0n) is 11.6. The molecule has 20 heavy (non-hydrogen) atoms. The van der Waals surface area contributed by atoms with E-state index in [1.807, 2.05) is 29.2 Å². The lowest BCUT2D eigenvalue weighted by Crippen LogP contribution is -2.45. The SMILES string of the molecule is O=C(c1ccccc1Br)N1CCC(NCC2CC2)CC1. The van der Waals surface area contributed by atoms with Crippen LogP contribution in [0.5, 0.6) is 0 Å². The molecule has 0 spiro atoms. The first-order chi connectivity index (χ1) is 9.74. The van der Waals surface area contributed by atoms with Gasteiger partial charge in [0.25, 0.3) is 5.91 Å². The van der Waals surface area contributed by atoms with Gasteiger partial charge in [0.15, 0.2) is 0 Å². The summed E-state index contributed by atoms with van der Waals surface area (Å²) in [4.78, 5) is 14.5. The molecule has 1 saturated heterocycles. The van der Waals surface area contributed by atoms with Crippen LogP contribution < -0.4 is 5.32 Å². The van der Waals surface area contributed by atoms with Crippen molar-refractivity contribution >= 4 is 21.8 Å². The van der Waals surface area contributed by atoms with E-state index in [2.05, 4.69) is 21.2 Å². The van der Waals surface area contributed by atoms with Crippen molar-refractivity contribution in [2.45, 2.75) is 31.7 Å². The second-order valence-corrected chi connectivity index (χ2v) is 6.75. The monoisotopic (exact) mass is 336 g/mol. The minimum atomic E-state index is 0.151. The standard InChI is InChI=1S/C16H21BrN2O/c17-15-4-2-1-3-14(15)16(20)19-9-7-13(8-10-19)18-11-12-5-6-12/h1-4,12-13,18H,5-11H2. The molecule has 108 valence electrons. The minimum Gasteiger partial charge on any atom is -0.338 e. The van der Waals surface area contributed by atoms with Crippen LogP contribution in [-0.4, -0.2) is 36.5 Å². The maximum Gasteiger partial charge on any atom is 0.254 e. The largest absolute Gasteiger partial charge is 0.338 e. The van der Waals surface area contributed by atoms with Gasteiger partial charge >= 0.3 is 0 Å². The second-order valence-electron chi connectivity index (χ2n) is 5.90. The summed E-state index contributed by atoms with van der Waals surface area (Å²) >= 11 is 3.46. The topological polar surface area (TPSA) is 32.3 Å². The average molecular weight is 337 g/mol. The molecule has 2 fully saturated rings. The summed E-state index contributed by atoms with van der Waals surface area (Å²) in [6.07, 6.45) is 4.94. The first-order valence-electron chi connectivity index (χ1n) is 7.51. The van der Waals surface area contributed by atoms with Crippen molar-refractivity contribution in [3.63, 3.8) is 0 Å². The number of carbonyl (C=O) groups excluding carboxylic acids is 1. The predicted molar refractivity (Wildman–Crippen MR) is 83.8 cm³/mol. The summed E-state index contributed by atoms with van der Waals surface area (Å²) in [5.41, 5.74) is 0.775. The Hall–Kier alpha value is -0.870. The van der Waals surface area contributed by atoms with E-state index in [9.17, 15) is 4.79 Å². The van der Waals surface area contributed by atoms with Crippen LogP contribution >= 0.6 is 15.9 Å². The van der Waals surface area contributed by atoms with Crippen LogP contribution in [-0.2, 0) is 0 Å². The van der Waals surface area contributed by atoms with Gasteiger partial charge in [0.2, 0.25) is 0 Å². The number of rotatable bonds is 4. The summed E-state index contributed by atoms with van der Waals surface area (Å²) in [7, 11) is 0. The zero-order chi connectivity index (χ0) is 13.9. The molecule has 2 aliphatic rings. The molecular weight excluding hydrogens is 316 g/mol. The van der Waals surface area contributed by atoms with Gasteiger partial charge in [0.05, 0.1) is 5.56 Å². The highest BCUT2D eigenvalue weighted by atomic mass is 79.9. The highest BCUT2D eigenvalue weighted by Gasteiger charge is 2.26. The Balaban J connectivity index is 1.52. The number of nitrogens with zero attached hydrogens (tertiary/aromatic N) is 1. The van der Waals surface area contributed by atoms with Crippen LogP contribution in [0.25, 0.3) is 0 Å². The molecule has 0 unspecified atom stereocenters. The van der Waals surface area contributed by atoms with E-state index in [4.69, 9.17) is 0 Å². The van der Waals surface area contributed by atoms with Gasteiger partial charge in [-0.25, -0.2) is 0 Å². The van der Waals surface area contributed by atoms with Crippen molar-refractivity contribution in [3.05, 3.63) is 34.3 Å². The van der Waals surface area contributed by atoms with Crippen LogP contribution in [0.2, 0.25) is 0 Å². The van der Waals surface area contributed by atoms with E-state index in [1.54, 1.807) is 0 Å². The Morgan fingerprint density at radius 1 is 1.20 bits per heavy atom. The fraction of sp³-hybridized carbons (Fsp3) is 0.562. The van der Waals surface area contributed by atoms with Crippen molar-refractivity contribution in [2.75, 3.05) is 19.6 Å². The highest BCUT2D eigenvalue weighted by molar-refractivity contribution is 9.10. The third-order valence-electron chi connectivity index (χ3n) is 4.28. The molecule has 3 nitrogen and oxygen atoms in total. The zero-order valence-corrected chi connectivity index (χ0v) is 13.2. The molecule has 1 aromatic carbocycles. The van der Waals surface area contributed by atoms with Crippen molar-refractivity contribution < 1.29 is 4.79 Å². The van der Waals surface area contributed by atoms with Crippen LogP contribution in [0.15, 0.2) is 28.7 Å². The van der Waals surface area contributed by atoms with Gasteiger partial charge < -0.3 is 10.2 Å². The van der Waals surface area contributed by atoms with Gasteiger partial charge in [-0.2, -0.15) is 0 Å². The molecule has 1 aromatic rings. The molecule has 0 atom stereocenters. The molecule has 3 rings (SSSR count). The summed E-state index contributed by atoms with van der Waals surface area (Å²) in [5.74, 6) is 1.08. The van der Waals surface area contributed by atoms with Crippen LogP contribution in [0, 0.1) is 5.92 Å². The molecule has 1 N–H and O–H groups in total. The van der Waals surface area contributed by atoms with Crippen LogP contribution in [0.4, 0.5) is 0 Å². The fourth-order valence-electron chi connectivity index (χ4n) is 2.75. The number of nitrogens with one attached hydrogen (secondary N) is 1. The van der Waals surface area contributed by atoms with E-state index in [-0.39, 0.29) is 5.91 Å². The smallest absolute Gasteiger partial charge is 0.254 e. The van der Waals surface area contributed by atoms with Crippen molar-refractivity contribution in [3.8, 4) is 0 Å². The van der Waals surface area contributed by atoms with Crippen molar-refractivity contribution in [1.82, 2.24) is 10.2 Å². The number of hydrogen-bond donors (Lipinski definition) is 1. The number of halogens is 1. The lowest BCUT2D eigenvalue weighted by Gasteiger charge is -2.32. The van der Waals surface area contributed by atoms with Gasteiger partial charge in [-0.15, -0.1) is 0 Å². The molecule has 1 aliphatic carbocycles. The molecule has 0 radical (unpaired) electrons. The fourth-order valence-corrected chi connectivity index (χ4v) is 3.20. The number of amides is 1. The Morgan fingerprint density at radius 3 is 2.55 bits per heavy atom. The number of carbonyl (C=O) groups is 1. The summed E-state index contributed by atoms with van der Waals surface area (Å²) in [5, 5.41) is 3.65. The van der Waals surface area contributed by atoms with Crippen molar-refractivity contribution in [1.29, 1.82) is 0 Å². The number of piperidine rings is 1. The summed E-state index contributed by atoms with van der Waals surface area (Å²) in [6, 6.07) is 8.27. The molecule has 1 saturated carbocycles. The van der Waals surface area contributed by atoms with E-state index in [0.29, 0.717) is 6.04 Å². The molecule has 1 aliphatic heterocycles. The quantitative estimate of drug-likeness (QED) is 0.916. The van der Waals surface area contributed by atoms with E-state index < -0.39 is 0 Å². The lowest BCUT2D eigenvalue weighted by atomic mass is 10.0. The van der Waals surface area contributed by atoms with Gasteiger partial charge in [-0.1, -0.05) is 12.1 Å². The molecule has 0 bridgehead atoms. The normalized spacial score (nSPS) is 20.1. The maximum atomic E-state index is 12.5. The van der Waals surface area contributed by atoms with Gasteiger partial charge in [0.1, 0.15) is 0 Å². The van der Waals surface area contributed by atoms with Crippen molar-refractivity contribution in [2.24, 2.45) is 5.92 Å². The van der Waals surface area contributed by atoms with Crippen LogP contribution in [0.3, 0.4) is 0 Å². The van der Waals surface area contributed by atoms with E-state index in [1.165, 1.54) is 19.4 Å². The Morgan fingerprint density at radius 2 is 1.90 bits per heavy atom. The first kappa shape index (κ1) is 14.1. The van der Waals surface area contributed by atoms with E-state index in [0.717, 1.165) is 41.9 Å². The Labute approximate surface area is 128 Å². The third-order valence-corrected chi connectivity index (χ3v) is 4.97. The third kappa shape index (κ3) is 3.41. The lowest BCUT2D eigenvalue weighted by molar-refractivity contribution is 0.0704. The van der Waals surface area contributed by atoms with Gasteiger partial charge in [-0.05, 0) is 66.2 Å². The predicted octanol–water partition coefficient (Wildman–Crippen LogP) is 3.05. The average Bonchev–Trinajstić information content (AvgIpc) is 3.30. The molecule has 4 heteroatoms. The van der Waals surface area contributed by atoms with E-state index >= 15 is 0 Å². The molecular formula is C16H21BrN2O. The molecule has 1 amide bonds. The number of likely N-dealkylation sites (tertiary alicyclic amines) is 1. The highest BCUT2D eigenvalue weighted by Crippen LogP contribution is 2.28. The Bertz CT molecular complexity index is 479. The maximum absolute atomic E-state index is 12.5. The van der Waals surface area contributed by atoms with Crippen LogP contribution in [0.1, 0.15) is 36.0 Å². The first-order valence-corrected chi connectivity index (χ1v) is 8.30. The minimum absolute atomic E-state index is 0.151. The van der Waals surface area contributed by atoms with Gasteiger partial charge in [0, 0.05) is 23.6 Å². The summed E-state index contributed by atoms with van der Waals surface area (Å²) < 4.78 is 0.888. The molecule has 1 heterocycles. The molecule has 0 aromatic heterocycles. The summed E-state index contributed by atoms with van der Waals surface area (Å²) in [6.45, 7) is 2.90.